The summed E-state index contributed by atoms with van der Waals surface area (Å²) in [6, 6.07) is 6.01. The maximum absolute atomic E-state index is 12.5. The van der Waals surface area contributed by atoms with Gasteiger partial charge in [0, 0.05) is 34.7 Å². The molecule has 0 saturated heterocycles. The first kappa shape index (κ1) is 28.8. The Morgan fingerprint density at radius 2 is 1.89 bits per heavy atom. The fourth-order valence-electron chi connectivity index (χ4n) is 3.97. The number of amides is 1. The fraction of sp³-hybridized carbons (Fsp3) is 0.538. The van der Waals surface area contributed by atoms with Gasteiger partial charge in [-0.05, 0) is 48.4 Å². The Labute approximate surface area is 214 Å². The summed E-state index contributed by atoms with van der Waals surface area (Å²) < 4.78 is 15.3. The Bertz CT molecular complexity index is 1290. The van der Waals surface area contributed by atoms with Crippen molar-refractivity contribution >= 4 is 11.6 Å². The number of ether oxygens (including phenoxy) is 2. The second kappa shape index (κ2) is 11.6. The zero-order chi connectivity index (χ0) is 25.9. The molecule has 3 rings (SSSR count). The molecule has 0 fully saturated rings. The van der Waals surface area contributed by atoms with Crippen molar-refractivity contribution in [3.8, 4) is 11.5 Å². The highest BCUT2D eigenvalue weighted by atomic mass is 16.5. The summed E-state index contributed by atoms with van der Waals surface area (Å²) in [5.41, 5.74) is 4.61. The van der Waals surface area contributed by atoms with Crippen molar-refractivity contribution in [2.24, 2.45) is 4.99 Å². The van der Waals surface area contributed by atoms with Crippen LogP contribution < -0.4 is 15.1 Å². The SMILES string of the molecule is CCCOc1cc(CCn2nc3c(C)cc(C(=O)N(C)C)nn3c2=NC)cc(C(C)(C)C)c1OC.O.[HH]. The van der Waals surface area contributed by atoms with Crippen molar-refractivity contribution < 1.29 is 21.2 Å². The second-order valence-electron chi connectivity index (χ2n) is 9.92. The molecule has 0 atom stereocenters. The molecule has 10 nitrogen and oxygen atoms in total. The predicted octanol–water partition coefficient (Wildman–Crippen LogP) is 2.83. The molecule has 0 spiro atoms. The number of hydrogen-bond donors (Lipinski definition) is 0. The van der Waals surface area contributed by atoms with Gasteiger partial charge in [0.1, 0.15) is 5.69 Å². The molecular formula is C26H42N6O4. The molecule has 0 radical (unpaired) electrons. The number of fused-ring (bicyclic) bond motifs is 1. The average molecular weight is 503 g/mol. The van der Waals surface area contributed by atoms with E-state index < -0.39 is 0 Å². The van der Waals surface area contributed by atoms with E-state index in [1.807, 2.05) is 11.6 Å². The molecule has 1 amide bonds. The van der Waals surface area contributed by atoms with Gasteiger partial charge in [-0.1, -0.05) is 33.8 Å². The third kappa shape index (κ3) is 5.87. The highest BCUT2D eigenvalue weighted by Crippen LogP contribution is 2.40. The van der Waals surface area contributed by atoms with E-state index in [0.29, 0.717) is 30.1 Å². The normalized spacial score (nSPS) is 12.0. The highest BCUT2D eigenvalue weighted by Gasteiger charge is 2.23. The molecule has 2 heterocycles. The zero-order valence-corrected chi connectivity index (χ0v) is 23.0. The van der Waals surface area contributed by atoms with Crippen LogP contribution in [0.15, 0.2) is 23.2 Å². The van der Waals surface area contributed by atoms with Gasteiger partial charge in [-0.2, -0.15) is 9.61 Å². The molecule has 200 valence electrons. The summed E-state index contributed by atoms with van der Waals surface area (Å²) in [5.74, 6) is 1.39. The quantitative estimate of drug-likeness (QED) is 0.469. The minimum atomic E-state index is -0.162. The van der Waals surface area contributed by atoms with Crippen LogP contribution in [-0.2, 0) is 18.4 Å². The summed E-state index contributed by atoms with van der Waals surface area (Å²) >= 11 is 0. The topological polar surface area (TPSA) is 118 Å². The predicted molar refractivity (Wildman–Crippen MR) is 142 cm³/mol. The van der Waals surface area contributed by atoms with Crippen molar-refractivity contribution in [2.75, 3.05) is 34.9 Å². The first-order chi connectivity index (χ1) is 16.5. The van der Waals surface area contributed by atoms with Crippen molar-refractivity contribution in [3.05, 3.63) is 46.2 Å². The van der Waals surface area contributed by atoms with E-state index in [9.17, 15) is 4.79 Å². The summed E-state index contributed by atoms with van der Waals surface area (Å²) in [5, 5.41) is 9.30. The van der Waals surface area contributed by atoms with E-state index >= 15 is 0 Å². The summed E-state index contributed by atoms with van der Waals surface area (Å²) in [7, 11) is 6.82. The first-order valence-corrected chi connectivity index (χ1v) is 12.0. The Morgan fingerprint density at radius 1 is 1.19 bits per heavy atom. The van der Waals surface area contributed by atoms with Gasteiger partial charge in [-0.3, -0.25) is 9.79 Å². The van der Waals surface area contributed by atoms with Gasteiger partial charge in [0.2, 0.25) is 5.62 Å². The van der Waals surface area contributed by atoms with E-state index in [1.165, 1.54) is 4.90 Å². The van der Waals surface area contributed by atoms with Crippen LogP contribution in [0.4, 0.5) is 0 Å². The lowest BCUT2D eigenvalue weighted by Crippen LogP contribution is -2.28. The van der Waals surface area contributed by atoms with Gasteiger partial charge in [-0.25, -0.2) is 4.68 Å². The molecule has 10 heteroatoms. The van der Waals surface area contributed by atoms with Crippen LogP contribution in [0.2, 0.25) is 0 Å². The van der Waals surface area contributed by atoms with Crippen LogP contribution >= 0.6 is 0 Å². The van der Waals surface area contributed by atoms with Gasteiger partial charge in [0.25, 0.3) is 5.91 Å². The zero-order valence-electron chi connectivity index (χ0n) is 23.0. The average Bonchev–Trinajstić information content (AvgIpc) is 3.17. The van der Waals surface area contributed by atoms with Crippen LogP contribution in [0, 0.1) is 6.92 Å². The molecule has 0 saturated carbocycles. The van der Waals surface area contributed by atoms with E-state index in [4.69, 9.17) is 14.6 Å². The van der Waals surface area contributed by atoms with Crippen LogP contribution in [0.5, 0.6) is 11.5 Å². The van der Waals surface area contributed by atoms with Gasteiger partial charge in [0.05, 0.1) is 13.7 Å². The van der Waals surface area contributed by atoms with Crippen molar-refractivity contribution in [1.29, 1.82) is 0 Å². The number of aromatic nitrogens is 4. The number of carbonyl (C=O) groups excluding carboxylic acids is 1. The molecule has 0 aliphatic carbocycles. The number of carbonyl (C=O) groups is 1. The Morgan fingerprint density at radius 3 is 2.44 bits per heavy atom. The molecule has 36 heavy (non-hydrogen) atoms. The van der Waals surface area contributed by atoms with E-state index in [1.54, 1.807) is 38.8 Å². The van der Waals surface area contributed by atoms with Crippen LogP contribution in [-0.4, -0.2) is 70.5 Å². The van der Waals surface area contributed by atoms with Crippen molar-refractivity contribution in [2.45, 2.75) is 59.4 Å². The molecule has 0 unspecified atom stereocenters. The Balaban J connectivity index is 0.00000342. The minimum Gasteiger partial charge on any atom is -0.493 e. The molecule has 2 aromatic heterocycles. The lowest BCUT2D eigenvalue weighted by atomic mass is 9.84. The number of nitrogens with zero attached hydrogens (tertiary/aromatic N) is 6. The fourth-order valence-corrected chi connectivity index (χ4v) is 3.97. The molecule has 2 N–H and O–H groups in total. The first-order valence-electron chi connectivity index (χ1n) is 12.0. The molecule has 0 aliphatic heterocycles. The number of methoxy groups -OCH3 is 1. The standard InChI is InChI=1S/C26H38N6O3.H2O.H2/c1-10-13-35-21-16-18(15-19(22(21)34-9)26(3,4)5)11-12-31-25(27-6)32-23(29-31)17(2)14-20(28-32)24(33)30(7)8;;/h14-16H,10-13H2,1-9H3;1H2;1H. The summed E-state index contributed by atoms with van der Waals surface area (Å²) in [4.78, 5) is 18.4. The smallest absolute Gasteiger partial charge is 0.273 e. The van der Waals surface area contributed by atoms with Crippen LogP contribution in [0.25, 0.3) is 5.65 Å². The van der Waals surface area contributed by atoms with Gasteiger partial charge in [-0.15, -0.1) is 5.10 Å². The highest BCUT2D eigenvalue weighted by molar-refractivity contribution is 5.92. The van der Waals surface area contributed by atoms with Gasteiger partial charge < -0.3 is 19.8 Å². The number of hydrogen-bond acceptors (Lipinski definition) is 6. The summed E-state index contributed by atoms with van der Waals surface area (Å²) in [6.45, 7) is 11.7. The second-order valence-corrected chi connectivity index (χ2v) is 9.92. The van der Waals surface area contributed by atoms with Gasteiger partial charge >= 0.3 is 0 Å². The monoisotopic (exact) mass is 502 g/mol. The molecule has 0 aliphatic rings. The Hall–Kier alpha value is -3.40. The lowest BCUT2D eigenvalue weighted by Gasteiger charge is -2.25. The van der Waals surface area contributed by atoms with E-state index in [-0.39, 0.29) is 18.2 Å². The van der Waals surface area contributed by atoms with Gasteiger partial charge in [0.15, 0.2) is 17.1 Å². The maximum Gasteiger partial charge on any atom is 0.273 e. The Kier molecular flexibility index (Phi) is 9.26. The molecular weight excluding hydrogens is 460 g/mol. The van der Waals surface area contributed by atoms with Crippen molar-refractivity contribution in [1.82, 2.24) is 24.3 Å². The molecule has 3 aromatic rings. The van der Waals surface area contributed by atoms with Crippen LogP contribution in [0.3, 0.4) is 0 Å². The van der Waals surface area contributed by atoms with Crippen molar-refractivity contribution in [3.63, 3.8) is 0 Å². The van der Waals surface area contributed by atoms with E-state index in [2.05, 4.69) is 49.9 Å². The summed E-state index contributed by atoms with van der Waals surface area (Å²) in [6.07, 6.45) is 1.64. The largest absolute Gasteiger partial charge is 0.493 e. The number of benzene rings is 1. The van der Waals surface area contributed by atoms with Crippen LogP contribution in [0.1, 0.15) is 62.7 Å². The molecule has 1 aromatic carbocycles. The third-order valence-corrected chi connectivity index (χ3v) is 5.78. The number of rotatable bonds is 8. The number of aryl methyl sites for hydroxylation is 3. The van der Waals surface area contributed by atoms with E-state index in [0.717, 1.165) is 41.0 Å². The minimum absolute atomic E-state index is 0. The lowest BCUT2D eigenvalue weighted by molar-refractivity contribution is 0.0820. The molecule has 0 bridgehead atoms. The third-order valence-electron chi connectivity index (χ3n) is 5.78. The maximum atomic E-state index is 12.5.